The molecule has 25 heavy (non-hydrogen) atoms. The van der Waals surface area contributed by atoms with Crippen LogP contribution in [0.2, 0.25) is 5.02 Å². The minimum Gasteiger partial charge on any atom is -0.495 e. The average molecular weight is 428 g/mol. The number of benzene rings is 2. The highest BCUT2D eigenvalue weighted by Gasteiger charge is 2.18. The summed E-state index contributed by atoms with van der Waals surface area (Å²) in [4.78, 5) is 24.3. The predicted octanol–water partition coefficient (Wildman–Crippen LogP) is 4.01. The van der Waals surface area contributed by atoms with Gasteiger partial charge in [0.15, 0.2) is 0 Å². The van der Waals surface area contributed by atoms with Gasteiger partial charge in [0.05, 0.1) is 24.9 Å². The topological polar surface area (TPSA) is 76.7 Å². The van der Waals surface area contributed by atoms with Crippen molar-refractivity contribution in [3.63, 3.8) is 0 Å². The molecule has 132 valence electrons. The van der Waals surface area contributed by atoms with Crippen molar-refractivity contribution < 1.29 is 19.1 Å². The van der Waals surface area contributed by atoms with Gasteiger partial charge in [-0.25, -0.2) is 0 Å². The highest BCUT2D eigenvalue weighted by atomic mass is 79.9. The predicted molar refractivity (Wildman–Crippen MR) is 101 cm³/mol. The smallest absolute Gasteiger partial charge is 0.314 e. The SMILES string of the molecule is COc1cc(NC(=O)C(=O)Nc2ccc(Br)cc2C)c(OC)cc1Cl. The normalized spacial score (nSPS) is 10.1. The monoisotopic (exact) mass is 426 g/mol. The Labute approximate surface area is 158 Å². The second-order valence-electron chi connectivity index (χ2n) is 5.05. The lowest BCUT2D eigenvalue weighted by Crippen LogP contribution is -2.29. The lowest BCUT2D eigenvalue weighted by molar-refractivity contribution is -0.133. The molecule has 2 aromatic carbocycles. The second kappa shape index (κ2) is 8.22. The first-order valence-electron chi connectivity index (χ1n) is 7.15. The molecule has 0 bridgehead atoms. The average Bonchev–Trinajstić information content (AvgIpc) is 2.58. The number of anilines is 2. The standard InChI is InChI=1S/C17H16BrClN2O4/c1-9-6-10(18)4-5-12(9)20-16(22)17(23)21-13-8-14(24-2)11(19)7-15(13)25-3/h4-8H,1-3H3,(H,20,22)(H,21,23). The van der Waals surface area contributed by atoms with E-state index in [9.17, 15) is 9.59 Å². The summed E-state index contributed by atoms with van der Waals surface area (Å²) in [5, 5.41) is 5.38. The van der Waals surface area contributed by atoms with Crippen LogP contribution in [-0.2, 0) is 9.59 Å². The van der Waals surface area contributed by atoms with E-state index in [4.69, 9.17) is 21.1 Å². The Balaban J connectivity index is 2.17. The summed E-state index contributed by atoms with van der Waals surface area (Å²) in [5.74, 6) is -0.986. The summed E-state index contributed by atoms with van der Waals surface area (Å²) in [6.45, 7) is 1.82. The number of carbonyl (C=O) groups excluding carboxylic acids is 2. The Bertz CT molecular complexity index is 827. The molecular formula is C17H16BrClN2O4. The highest BCUT2D eigenvalue weighted by Crippen LogP contribution is 2.35. The maximum atomic E-state index is 12.2. The van der Waals surface area contributed by atoms with Gasteiger partial charge >= 0.3 is 11.8 Å². The van der Waals surface area contributed by atoms with E-state index in [0.29, 0.717) is 22.2 Å². The van der Waals surface area contributed by atoms with E-state index < -0.39 is 11.8 Å². The van der Waals surface area contributed by atoms with Gasteiger partial charge in [0.25, 0.3) is 0 Å². The number of hydrogen-bond acceptors (Lipinski definition) is 4. The minimum atomic E-state index is -0.843. The number of amides is 2. The summed E-state index contributed by atoms with van der Waals surface area (Å²) >= 11 is 9.36. The maximum absolute atomic E-state index is 12.2. The molecule has 2 rings (SSSR count). The molecule has 0 heterocycles. The number of nitrogens with one attached hydrogen (secondary N) is 2. The zero-order chi connectivity index (χ0) is 18.6. The third kappa shape index (κ3) is 4.64. The highest BCUT2D eigenvalue weighted by molar-refractivity contribution is 9.10. The van der Waals surface area contributed by atoms with Crippen LogP contribution >= 0.6 is 27.5 Å². The first-order chi connectivity index (χ1) is 11.8. The lowest BCUT2D eigenvalue weighted by atomic mass is 10.2. The van der Waals surface area contributed by atoms with Gasteiger partial charge in [0, 0.05) is 22.3 Å². The quantitative estimate of drug-likeness (QED) is 0.723. The Morgan fingerprint density at radius 2 is 1.56 bits per heavy atom. The Morgan fingerprint density at radius 3 is 2.12 bits per heavy atom. The van der Waals surface area contributed by atoms with Crippen LogP contribution in [0.3, 0.4) is 0 Å². The van der Waals surface area contributed by atoms with Gasteiger partial charge in [0.1, 0.15) is 11.5 Å². The van der Waals surface area contributed by atoms with Gasteiger partial charge in [-0.15, -0.1) is 0 Å². The number of rotatable bonds is 4. The van der Waals surface area contributed by atoms with Gasteiger partial charge in [-0.05, 0) is 30.7 Å². The number of aryl methyl sites for hydroxylation is 1. The molecule has 0 spiro atoms. The zero-order valence-electron chi connectivity index (χ0n) is 13.8. The number of methoxy groups -OCH3 is 2. The van der Waals surface area contributed by atoms with E-state index in [-0.39, 0.29) is 5.69 Å². The molecule has 0 aromatic heterocycles. The summed E-state index contributed by atoms with van der Waals surface area (Å²) < 4.78 is 11.2. The van der Waals surface area contributed by atoms with Crippen molar-refractivity contribution in [2.45, 2.75) is 6.92 Å². The van der Waals surface area contributed by atoms with Crippen molar-refractivity contribution in [3.05, 3.63) is 45.4 Å². The molecule has 0 atom stereocenters. The van der Waals surface area contributed by atoms with E-state index in [1.54, 1.807) is 12.1 Å². The minimum absolute atomic E-state index is 0.274. The number of carbonyl (C=O) groups is 2. The molecule has 0 fully saturated rings. The van der Waals surface area contributed by atoms with Crippen LogP contribution in [0.25, 0.3) is 0 Å². The molecule has 2 N–H and O–H groups in total. The van der Waals surface area contributed by atoms with Gasteiger partial charge in [-0.1, -0.05) is 27.5 Å². The molecule has 0 aliphatic carbocycles. The first-order valence-corrected chi connectivity index (χ1v) is 8.32. The molecular weight excluding hydrogens is 412 g/mol. The van der Waals surface area contributed by atoms with Gasteiger partial charge in [-0.3, -0.25) is 9.59 Å². The summed E-state index contributed by atoms with van der Waals surface area (Å²) in [7, 11) is 2.88. The van der Waals surface area contributed by atoms with Crippen LogP contribution < -0.4 is 20.1 Å². The summed E-state index contributed by atoms with van der Waals surface area (Å²) in [5.41, 5.74) is 1.64. The molecule has 8 heteroatoms. The molecule has 0 aliphatic heterocycles. The lowest BCUT2D eigenvalue weighted by Gasteiger charge is -2.13. The second-order valence-corrected chi connectivity index (χ2v) is 6.38. The van der Waals surface area contributed by atoms with Crippen LogP contribution in [0.15, 0.2) is 34.8 Å². The van der Waals surface area contributed by atoms with Crippen molar-refractivity contribution in [2.24, 2.45) is 0 Å². The van der Waals surface area contributed by atoms with Crippen LogP contribution in [0, 0.1) is 6.92 Å². The van der Waals surface area contributed by atoms with Crippen LogP contribution in [0.4, 0.5) is 11.4 Å². The fourth-order valence-corrected chi connectivity index (χ4v) is 2.79. The third-order valence-corrected chi connectivity index (χ3v) is 4.15. The van der Waals surface area contributed by atoms with Crippen molar-refractivity contribution in [1.82, 2.24) is 0 Å². The molecule has 0 radical (unpaired) electrons. The molecule has 0 saturated carbocycles. The number of ether oxygens (including phenoxy) is 2. The molecule has 6 nitrogen and oxygen atoms in total. The largest absolute Gasteiger partial charge is 0.495 e. The van der Waals surface area contributed by atoms with Crippen molar-refractivity contribution in [1.29, 1.82) is 0 Å². The molecule has 2 aromatic rings. The first kappa shape index (κ1) is 19.1. The molecule has 2 amide bonds. The fourth-order valence-electron chi connectivity index (χ4n) is 2.08. The number of halogens is 2. The van der Waals surface area contributed by atoms with E-state index in [0.717, 1.165) is 10.0 Å². The van der Waals surface area contributed by atoms with E-state index in [1.807, 2.05) is 13.0 Å². The summed E-state index contributed by atoms with van der Waals surface area (Å²) in [6, 6.07) is 8.29. The Kier molecular flexibility index (Phi) is 6.27. The molecule has 0 aliphatic rings. The van der Waals surface area contributed by atoms with Crippen LogP contribution in [-0.4, -0.2) is 26.0 Å². The van der Waals surface area contributed by atoms with Gasteiger partial charge in [-0.2, -0.15) is 0 Å². The van der Waals surface area contributed by atoms with E-state index in [1.165, 1.54) is 26.4 Å². The number of hydrogen-bond donors (Lipinski definition) is 2. The summed E-state index contributed by atoms with van der Waals surface area (Å²) in [6.07, 6.45) is 0. The zero-order valence-corrected chi connectivity index (χ0v) is 16.1. The van der Waals surface area contributed by atoms with Crippen molar-refractivity contribution in [2.75, 3.05) is 24.9 Å². The van der Waals surface area contributed by atoms with E-state index >= 15 is 0 Å². The fraction of sp³-hybridized carbons (Fsp3) is 0.176. The van der Waals surface area contributed by atoms with Crippen molar-refractivity contribution >= 4 is 50.7 Å². The van der Waals surface area contributed by atoms with Gasteiger partial charge < -0.3 is 20.1 Å². The van der Waals surface area contributed by atoms with Crippen molar-refractivity contribution in [3.8, 4) is 11.5 Å². The Hall–Kier alpha value is -2.25. The van der Waals surface area contributed by atoms with Gasteiger partial charge in [0.2, 0.25) is 0 Å². The van der Waals surface area contributed by atoms with E-state index in [2.05, 4.69) is 26.6 Å². The third-order valence-electron chi connectivity index (χ3n) is 3.37. The molecule has 0 saturated heterocycles. The maximum Gasteiger partial charge on any atom is 0.314 e. The van der Waals surface area contributed by atoms with Crippen LogP contribution in [0.5, 0.6) is 11.5 Å². The molecule has 0 unspecified atom stereocenters. The Morgan fingerprint density at radius 1 is 0.960 bits per heavy atom. The van der Waals surface area contributed by atoms with Crippen LogP contribution in [0.1, 0.15) is 5.56 Å².